The lowest BCUT2D eigenvalue weighted by Crippen LogP contribution is -2.24. The van der Waals surface area contributed by atoms with Crippen molar-refractivity contribution in [1.29, 1.82) is 0 Å². The Bertz CT molecular complexity index is 669. The van der Waals surface area contributed by atoms with Crippen LogP contribution in [-0.2, 0) is 0 Å². The van der Waals surface area contributed by atoms with Crippen LogP contribution in [0.5, 0.6) is 5.75 Å². The minimum absolute atomic E-state index is 0.0674. The molecular weight excluding hydrogens is 314 g/mol. The van der Waals surface area contributed by atoms with Gasteiger partial charge in [-0.25, -0.2) is 4.98 Å². The van der Waals surface area contributed by atoms with Gasteiger partial charge in [0.1, 0.15) is 11.6 Å². The third-order valence-corrected chi connectivity index (χ3v) is 3.59. The summed E-state index contributed by atoms with van der Waals surface area (Å²) < 4.78 is 5.63. The monoisotopic (exact) mass is 341 g/mol. The quantitative estimate of drug-likeness (QED) is 0.658. The van der Waals surface area contributed by atoms with Crippen LogP contribution in [0.4, 0.5) is 11.5 Å². The summed E-state index contributed by atoms with van der Waals surface area (Å²) >= 11 is 0. The Morgan fingerprint density at radius 2 is 1.92 bits per heavy atom. The number of carbonyl (C=O) groups is 1. The van der Waals surface area contributed by atoms with Gasteiger partial charge in [0.05, 0.1) is 6.10 Å². The van der Waals surface area contributed by atoms with Crippen molar-refractivity contribution in [2.24, 2.45) is 0 Å². The van der Waals surface area contributed by atoms with E-state index < -0.39 is 0 Å². The first-order valence-corrected chi connectivity index (χ1v) is 8.86. The number of aromatic nitrogens is 1. The lowest BCUT2D eigenvalue weighted by molar-refractivity contribution is 0.0953. The number of hydrogen-bond acceptors (Lipinski definition) is 4. The topological polar surface area (TPSA) is 63.2 Å². The van der Waals surface area contributed by atoms with Gasteiger partial charge in [0.25, 0.3) is 5.91 Å². The Hall–Kier alpha value is -2.56. The molecule has 2 rings (SSSR count). The van der Waals surface area contributed by atoms with Crippen LogP contribution in [0.25, 0.3) is 0 Å². The molecule has 1 aromatic carbocycles. The van der Waals surface area contributed by atoms with E-state index >= 15 is 0 Å². The van der Waals surface area contributed by atoms with Crippen LogP contribution >= 0.6 is 0 Å². The second-order valence-corrected chi connectivity index (χ2v) is 6.21. The number of unbranched alkanes of at least 4 members (excludes halogenated alkanes) is 2. The highest BCUT2D eigenvalue weighted by Gasteiger charge is 2.07. The van der Waals surface area contributed by atoms with E-state index in [-0.39, 0.29) is 12.0 Å². The summed E-state index contributed by atoms with van der Waals surface area (Å²) in [4.78, 5) is 16.5. The fraction of sp³-hybridized carbons (Fsp3) is 0.400. The van der Waals surface area contributed by atoms with Crippen LogP contribution in [0.15, 0.2) is 42.6 Å². The van der Waals surface area contributed by atoms with Gasteiger partial charge >= 0.3 is 0 Å². The molecule has 0 atom stereocenters. The smallest absolute Gasteiger partial charge is 0.251 e. The number of hydrogen-bond donors (Lipinski definition) is 2. The summed E-state index contributed by atoms with van der Waals surface area (Å²) in [5.74, 6) is 1.40. The molecule has 0 fully saturated rings. The summed E-state index contributed by atoms with van der Waals surface area (Å²) in [5.41, 5.74) is 1.50. The van der Waals surface area contributed by atoms with Crippen molar-refractivity contribution >= 4 is 17.4 Å². The first-order chi connectivity index (χ1) is 12.1. The van der Waals surface area contributed by atoms with E-state index in [1.54, 1.807) is 18.3 Å². The van der Waals surface area contributed by atoms with Crippen LogP contribution in [-0.4, -0.2) is 23.5 Å². The average molecular weight is 341 g/mol. The number of anilines is 2. The zero-order valence-electron chi connectivity index (χ0n) is 15.2. The van der Waals surface area contributed by atoms with Crippen LogP contribution in [0, 0.1) is 0 Å². The lowest BCUT2D eigenvalue weighted by atomic mass is 10.2. The molecule has 0 bridgehead atoms. The number of benzene rings is 1. The van der Waals surface area contributed by atoms with E-state index in [1.165, 1.54) is 0 Å². The van der Waals surface area contributed by atoms with E-state index in [2.05, 4.69) is 22.5 Å². The molecule has 0 radical (unpaired) electrons. The third-order valence-electron chi connectivity index (χ3n) is 3.59. The first kappa shape index (κ1) is 18.8. The Morgan fingerprint density at radius 3 is 2.60 bits per heavy atom. The fourth-order valence-electron chi connectivity index (χ4n) is 2.36. The number of amides is 1. The standard InChI is InChI=1S/C20H27N3O2/c1-4-5-6-12-22-20(24)16-11-13-21-19(14-16)23-17-7-9-18(10-8-17)25-15(2)3/h7-11,13-15H,4-6,12H2,1-3H3,(H,21,23)(H,22,24). The van der Waals surface area contributed by atoms with Crippen LogP contribution in [0.1, 0.15) is 50.4 Å². The molecular formula is C20H27N3O2. The number of nitrogens with one attached hydrogen (secondary N) is 2. The maximum atomic E-state index is 12.2. The predicted molar refractivity (Wildman–Crippen MR) is 102 cm³/mol. The van der Waals surface area contributed by atoms with Gasteiger partial charge in [0, 0.05) is 24.0 Å². The number of carbonyl (C=O) groups excluding carboxylic acids is 1. The van der Waals surface area contributed by atoms with E-state index in [9.17, 15) is 4.79 Å². The molecule has 2 aromatic rings. The second kappa shape index (κ2) is 9.67. The van der Waals surface area contributed by atoms with Crippen LogP contribution in [0.2, 0.25) is 0 Å². The SMILES string of the molecule is CCCCCNC(=O)c1ccnc(Nc2ccc(OC(C)C)cc2)c1. The molecule has 1 heterocycles. The van der Waals surface area contributed by atoms with Crippen LogP contribution < -0.4 is 15.4 Å². The van der Waals surface area contributed by atoms with Gasteiger partial charge in [-0.1, -0.05) is 19.8 Å². The number of nitrogens with zero attached hydrogens (tertiary/aromatic N) is 1. The van der Waals surface area contributed by atoms with Gasteiger partial charge in [0.2, 0.25) is 0 Å². The molecule has 0 saturated heterocycles. The van der Waals surface area contributed by atoms with Crippen molar-refractivity contribution in [2.75, 3.05) is 11.9 Å². The normalized spacial score (nSPS) is 10.6. The number of rotatable bonds is 9. The Morgan fingerprint density at radius 1 is 1.16 bits per heavy atom. The predicted octanol–water partition coefficient (Wildman–Crippen LogP) is 4.53. The summed E-state index contributed by atoms with van der Waals surface area (Å²) in [6, 6.07) is 11.2. The van der Waals surface area contributed by atoms with Gasteiger partial charge in [-0.2, -0.15) is 0 Å². The molecule has 0 saturated carbocycles. The molecule has 5 heteroatoms. The highest BCUT2D eigenvalue weighted by Crippen LogP contribution is 2.20. The number of ether oxygens (including phenoxy) is 1. The highest BCUT2D eigenvalue weighted by molar-refractivity contribution is 5.94. The zero-order chi connectivity index (χ0) is 18.1. The highest BCUT2D eigenvalue weighted by atomic mass is 16.5. The molecule has 0 aliphatic carbocycles. The minimum atomic E-state index is -0.0674. The molecule has 134 valence electrons. The Balaban J connectivity index is 1.95. The molecule has 0 spiro atoms. The molecule has 1 aromatic heterocycles. The molecule has 0 aliphatic rings. The third kappa shape index (κ3) is 6.45. The van der Waals surface area contributed by atoms with E-state index in [0.29, 0.717) is 17.9 Å². The van der Waals surface area contributed by atoms with Gasteiger partial charge in [-0.15, -0.1) is 0 Å². The van der Waals surface area contributed by atoms with Gasteiger partial charge in [-0.05, 0) is 56.7 Å². The molecule has 25 heavy (non-hydrogen) atoms. The number of pyridine rings is 1. The van der Waals surface area contributed by atoms with Crippen molar-refractivity contribution in [1.82, 2.24) is 10.3 Å². The summed E-state index contributed by atoms with van der Waals surface area (Å²) in [7, 11) is 0. The van der Waals surface area contributed by atoms with Crippen molar-refractivity contribution in [3.05, 3.63) is 48.2 Å². The minimum Gasteiger partial charge on any atom is -0.491 e. The largest absolute Gasteiger partial charge is 0.491 e. The van der Waals surface area contributed by atoms with Crippen molar-refractivity contribution < 1.29 is 9.53 Å². The zero-order valence-corrected chi connectivity index (χ0v) is 15.2. The van der Waals surface area contributed by atoms with Crippen molar-refractivity contribution in [3.8, 4) is 5.75 Å². The molecule has 5 nitrogen and oxygen atoms in total. The van der Waals surface area contributed by atoms with Crippen molar-refractivity contribution in [2.45, 2.75) is 46.1 Å². The molecule has 1 amide bonds. The Kier molecular flexibility index (Phi) is 7.26. The summed E-state index contributed by atoms with van der Waals surface area (Å²) in [6.45, 7) is 6.84. The Labute approximate surface area is 149 Å². The fourth-order valence-corrected chi connectivity index (χ4v) is 2.36. The van der Waals surface area contributed by atoms with E-state index in [0.717, 1.165) is 30.7 Å². The molecule has 0 unspecified atom stereocenters. The average Bonchev–Trinajstić information content (AvgIpc) is 2.60. The van der Waals surface area contributed by atoms with Gasteiger partial charge < -0.3 is 15.4 Å². The molecule has 0 aliphatic heterocycles. The lowest BCUT2D eigenvalue weighted by Gasteiger charge is -2.11. The van der Waals surface area contributed by atoms with E-state index in [1.807, 2.05) is 38.1 Å². The van der Waals surface area contributed by atoms with Gasteiger partial charge in [-0.3, -0.25) is 4.79 Å². The summed E-state index contributed by atoms with van der Waals surface area (Å²) in [5, 5.41) is 6.15. The first-order valence-electron chi connectivity index (χ1n) is 8.86. The van der Waals surface area contributed by atoms with Gasteiger partial charge in [0.15, 0.2) is 0 Å². The maximum absolute atomic E-state index is 12.2. The van der Waals surface area contributed by atoms with Crippen LogP contribution in [0.3, 0.4) is 0 Å². The summed E-state index contributed by atoms with van der Waals surface area (Å²) in [6.07, 6.45) is 5.05. The second-order valence-electron chi connectivity index (χ2n) is 6.21. The molecule has 2 N–H and O–H groups in total. The van der Waals surface area contributed by atoms with E-state index in [4.69, 9.17) is 4.74 Å². The van der Waals surface area contributed by atoms with Crippen molar-refractivity contribution in [3.63, 3.8) is 0 Å². The maximum Gasteiger partial charge on any atom is 0.251 e.